The van der Waals surface area contributed by atoms with E-state index in [9.17, 15) is 8.42 Å². The van der Waals surface area contributed by atoms with Crippen LogP contribution in [-0.2, 0) is 10.1 Å². The van der Waals surface area contributed by atoms with Gasteiger partial charge < -0.3 is 5.73 Å². The van der Waals surface area contributed by atoms with Gasteiger partial charge in [-0.3, -0.25) is 4.55 Å². The lowest BCUT2D eigenvalue weighted by Crippen LogP contribution is -2.40. The van der Waals surface area contributed by atoms with E-state index in [1.54, 1.807) is 0 Å². The van der Waals surface area contributed by atoms with Gasteiger partial charge in [-0.05, 0) is 5.41 Å². The highest BCUT2D eigenvalue weighted by molar-refractivity contribution is 7.85. The van der Waals surface area contributed by atoms with Gasteiger partial charge in [0.2, 0.25) is 0 Å². The van der Waals surface area contributed by atoms with Gasteiger partial charge in [-0.15, -0.1) is 0 Å². The van der Waals surface area contributed by atoms with Crippen LogP contribution >= 0.6 is 0 Å². The maximum atomic E-state index is 10.4. The summed E-state index contributed by atoms with van der Waals surface area (Å²) in [6.45, 7) is 5.47. The molecule has 0 aromatic rings. The third-order valence-electron chi connectivity index (χ3n) is 1.50. The molecule has 0 saturated heterocycles. The molecule has 0 aromatic heterocycles. The lowest BCUT2D eigenvalue weighted by Gasteiger charge is -2.25. The van der Waals surface area contributed by atoms with Crippen molar-refractivity contribution >= 4 is 10.1 Å². The van der Waals surface area contributed by atoms with Crippen molar-refractivity contribution in [2.24, 2.45) is 11.1 Å². The fourth-order valence-corrected chi connectivity index (χ4v) is 1.43. The molecule has 0 amide bonds. The Bertz CT molecular complexity index is 214. The summed E-state index contributed by atoms with van der Waals surface area (Å²) in [6, 6.07) is -0.530. The van der Waals surface area contributed by atoms with E-state index in [2.05, 4.69) is 0 Å². The molecule has 0 fully saturated rings. The summed E-state index contributed by atoms with van der Waals surface area (Å²) in [6.07, 6.45) is 0. The normalized spacial score (nSPS) is 16.5. The van der Waals surface area contributed by atoms with Gasteiger partial charge >= 0.3 is 0 Å². The van der Waals surface area contributed by atoms with Crippen molar-refractivity contribution in [1.29, 1.82) is 0 Å². The third kappa shape index (κ3) is 5.17. The number of nitrogens with two attached hydrogens (primary N) is 1. The molecule has 0 aliphatic heterocycles. The predicted octanol–water partition coefficient (Wildman–Crippen LogP) is 0.248. The van der Waals surface area contributed by atoms with Crippen LogP contribution in [0.3, 0.4) is 0 Å². The van der Waals surface area contributed by atoms with Crippen molar-refractivity contribution in [3.8, 4) is 0 Å². The molecule has 68 valence electrons. The molecule has 0 radical (unpaired) electrons. The molecule has 0 heterocycles. The third-order valence-corrected chi connectivity index (χ3v) is 2.28. The minimum atomic E-state index is -3.93. The van der Waals surface area contributed by atoms with Gasteiger partial charge in [-0.1, -0.05) is 20.8 Å². The molecule has 0 aliphatic rings. The average molecular weight is 181 g/mol. The van der Waals surface area contributed by atoms with Crippen molar-refractivity contribution < 1.29 is 13.0 Å². The highest BCUT2D eigenvalue weighted by Crippen LogP contribution is 2.17. The summed E-state index contributed by atoms with van der Waals surface area (Å²) < 4.78 is 29.2. The quantitative estimate of drug-likeness (QED) is 0.598. The van der Waals surface area contributed by atoms with Gasteiger partial charge in [0, 0.05) is 6.04 Å². The van der Waals surface area contributed by atoms with Crippen molar-refractivity contribution in [3.63, 3.8) is 0 Å². The van der Waals surface area contributed by atoms with E-state index >= 15 is 0 Å². The van der Waals surface area contributed by atoms with E-state index in [0.717, 1.165) is 0 Å². The largest absolute Gasteiger partial charge is 0.326 e. The molecule has 1 atom stereocenters. The molecule has 11 heavy (non-hydrogen) atoms. The molecule has 0 aromatic carbocycles. The molecule has 4 nitrogen and oxygen atoms in total. The van der Waals surface area contributed by atoms with Gasteiger partial charge in [0.25, 0.3) is 10.1 Å². The van der Waals surface area contributed by atoms with Crippen LogP contribution in [0.5, 0.6) is 0 Å². The van der Waals surface area contributed by atoms with Crippen molar-refractivity contribution in [2.75, 3.05) is 5.75 Å². The molecular weight excluding hydrogens is 166 g/mol. The smallest absolute Gasteiger partial charge is 0.266 e. The molecule has 0 aliphatic carbocycles. The second kappa shape index (κ2) is 3.08. The molecule has 0 bridgehead atoms. The van der Waals surface area contributed by atoms with Gasteiger partial charge in [0.15, 0.2) is 0 Å². The van der Waals surface area contributed by atoms with Crippen LogP contribution in [0.4, 0.5) is 0 Å². The highest BCUT2D eigenvalue weighted by Gasteiger charge is 2.24. The second-order valence-electron chi connectivity index (χ2n) is 3.72. The number of hydrogen-bond acceptors (Lipinski definition) is 3. The summed E-state index contributed by atoms with van der Waals surface area (Å²) in [7, 11) is -3.93. The zero-order chi connectivity index (χ0) is 9.28. The zero-order valence-electron chi connectivity index (χ0n) is 7.03. The molecule has 1 unspecified atom stereocenters. The zero-order valence-corrected chi connectivity index (χ0v) is 7.85. The van der Waals surface area contributed by atoms with Gasteiger partial charge in [0.05, 0.1) is 5.75 Å². The summed E-state index contributed by atoms with van der Waals surface area (Å²) in [5.74, 6) is -0.378. The number of rotatable bonds is 2. The molecule has 5 heteroatoms. The fourth-order valence-electron chi connectivity index (χ4n) is 0.477. The van der Waals surface area contributed by atoms with Crippen LogP contribution in [0, 0.1) is 5.41 Å². The fraction of sp³-hybridized carbons (Fsp3) is 1.00. The first-order valence-corrected chi connectivity index (χ1v) is 4.94. The lowest BCUT2D eigenvalue weighted by atomic mass is 9.89. The average Bonchev–Trinajstić information content (AvgIpc) is 1.56. The topological polar surface area (TPSA) is 80.4 Å². The van der Waals surface area contributed by atoms with Gasteiger partial charge in [-0.25, -0.2) is 0 Å². The molecule has 0 rings (SSSR count). The first-order valence-electron chi connectivity index (χ1n) is 3.33. The Morgan fingerprint density at radius 3 is 1.91 bits per heavy atom. The van der Waals surface area contributed by atoms with Crippen molar-refractivity contribution in [2.45, 2.75) is 26.8 Å². The SMILES string of the molecule is CC(C)(C)C(N)CS(=O)(=O)O. The Morgan fingerprint density at radius 2 is 1.82 bits per heavy atom. The van der Waals surface area contributed by atoms with Gasteiger partial charge in [0.1, 0.15) is 0 Å². The molecular formula is C6H15NO3S. The molecule has 0 spiro atoms. The Hall–Kier alpha value is -0.130. The summed E-state index contributed by atoms with van der Waals surface area (Å²) in [4.78, 5) is 0. The van der Waals surface area contributed by atoms with Crippen LogP contribution in [0.1, 0.15) is 20.8 Å². The van der Waals surface area contributed by atoms with Crippen LogP contribution in [0.25, 0.3) is 0 Å². The Balaban J connectivity index is 4.21. The minimum absolute atomic E-state index is 0.296. The van der Waals surface area contributed by atoms with Gasteiger partial charge in [-0.2, -0.15) is 8.42 Å². The second-order valence-corrected chi connectivity index (χ2v) is 5.22. The van der Waals surface area contributed by atoms with E-state index < -0.39 is 16.2 Å². The summed E-state index contributed by atoms with van der Waals surface area (Å²) >= 11 is 0. The standard InChI is InChI=1S/C6H15NO3S/c1-6(2,3)5(7)4-11(8,9)10/h5H,4,7H2,1-3H3,(H,8,9,10). The summed E-state index contributed by atoms with van der Waals surface area (Å²) in [5.41, 5.74) is 5.20. The Morgan fingerprint density at radius 1 is 1.45 bits per heavy atom. The van der Waals surface area contributed by atoms with Crippen LogP contribution in [-0.4, -0.2) is 24.8 Å². The first kappa shape index (κ1) is 10.9. The Kier molecular flexibility index (Phi) is 3.05. The van der Waals surface area contributed by atoms with E-state index in [1.165, 1.54) is 0 Å². The van der Waals surface area contributed by atoms with E-state index in [1.807, 2.05) is 20.8 Å². The first-order chi connectivity index (χ1) is 4.63. The minimum Gasteiger partial charge on any atom is -0.326 e. The van der Waals surface area contributed by atoms with Crippen LogP contribution in [0.15, 0.2) is 0 Å². The predicted molar refractivity (Wildman–Crippen MR) is 43.8 cm³/mol. The number of hydrogen-bond donors (Lipinski definition) is 2. The highest BCUT2D eigenvalue weighted by atomic mass is 32.2. The maximum Gasteiger partial charge on any atom is 0.266 e. The van der Waals surface area contributed by atoms with Crippen molar-refractivity contribution in [3.05, 3.63) is 0 Å². The molecule has 3 N–H and O–H groups in total. The molecule has 0 saturated carbocycles. The summed E-state index contributed by atoms with van der Waals surface area (Å²) in [5, 5.41) is 0. The lowest BCUT2D eigenvalue weighted by molar-refractivity contribution is 0.334. The monoisotopic (exact) mass is 181 g/mol. The van der Waals surface area contributed by atoms with Crippen molar-refractivity contribution in [1.82, 2.24) is 0 Å². The van der Waals surface area contributed by atoms with E-state index in [0.29, 0.717) is 0 Å². The maximum absolute atomic E-state index is 10.4. The Labute approximate surface area is 67.5 Å². The van der Waals surface area contributed by atoms with E-state index in [4.69, 9.17) is 10.3 Å². The van der Waals surface area contributed by atoms with E-state index in [-0.39, 0.29) is 11.2 Å². The van der Waals surface area contributed by atoms with Crippen LogP contribution in [0.2, 0.25) is 0 Å². The van der Waals surface area contributed by atoms with Crippen LogP contribution < -0.4 is 5.73 Å².